The highest BCUT2D eigenvalue weighted by Gasteiger charge is 2.24. The Bertz CT molecular complexity index is 731. The van der Waals surface area contributed by atoms with E-state index in [0.717, 1.165) is 44.9 Å². The molecule has 0 aliphatic heterocycles. The molecule has 0 aliphatic carbocycles. The van der Waals surface area contributed by atoms with Gasteiger partial charge in [0.1, 0.15) is 6.10 Å². The molecular weight excluding hydrogens is 634 g/mol. The Labute approximate surface area is 317 Å². The van der Waals surface area contributed by atoms with Gasteiger partial charge in [0.15, 0.2) is 0 Å². The van der Waals surface area contributed by atoms with Crippen molar-refractivity contribution in [3.05, 3.63) is 0 Å². The fourth-order valence-electron chi connectivity index (χ4n) is 7.20. The highest BCUT2D eigenvalue weighted by atomic mass is 16.5. The van der Waals surface area contributed by atoms with Crippen LogP contribution in [0, 0.1) is 0 Å². The van der Waals surface area contributed by atoms with Crippen LogP contribution in [0.15, 0.2) is 0 Å². The molecule has 6 heteroatoms. The number of aliphatic hydroxyl groups excluding tert-OH is 2. The van der Waals surface area contributed by atoms with Crippen molar-refractivity contribution in [1.29, 1.82) is 0 Å². The van der Waals surface area contributed by atoms with Crippen LogP contribution in [0.3, 0.4) is 0 Å². The van der Waals surface area contributed by atoms with E-state index in [1.807, 2.05) is 0 Å². The molecule has 304 valence electrons. The Morgan fingerprint density at radius 1 is 0.490 bits per heavy atom. The van der Waals surface area contributed by atoms with Crippen molar-refractivity contribution in [1.82, 2.24) is 5.32 Å². The quantitative estimate of drug-likeness (QED) is 0.0431. The number of carbonyl (C=O) groups is 2. The summed E-state index contributed by atoms with van der Waals surface area (Å²) in [4.78, 5) is 25.9. The standard InChI is InChI=1S/C45H89NO5/c1-4-7-10-13-16-19-21-23-26-28-31-34-37-43(48)42(40-47)46-44(49)39-41(36-33-30-27-25-22-20-17-14-11-8-5-2)51-45(50)38-35-32-29-24-18-15-12-9-6-3/h41-43,47-48H,4-40H2,1-3H3,(H,46,49). The summed E-state index contributed by atoms with van der Waals surface area (Å²) in [5.74, 6) is -0.462. The molecule has 0 aromatic carbocycles. The fraction of sp³-hybridized carbons (Fsp3) is 0.956. The minimum Gasteiger partial charge on any atom is -0.462 e. The average Bonchev–Trinajstić information content (AvgIpc) is 3.12. The van der Waals surface area contributed by atoms with Crippen LogP contribution in [0.5, 0.6) is 0 Å². The van der Waals surface area contributed by atoms with Crippen molar-refractivity contribution in [2.45, 2.75) is 270 Å². The molecule has 51 heavy (non-hydrogen) atoms. The van der Waals surface area contributed by atoms with Gasteiger partial charge in [-0.1, -0.05) is 213 Å². The van der Waals surface area contributed by atoms with Gasteiger partial charge in [0.25, 0.3) is 0 Å². The average molecular weight is 724 g/mol. The smallest absolute Gasteiger partial charge is 0.306 e. The van der Waals surface area contributed by atoms with Crippen molar-refractivity contribution >= 4 is 11.9 Å². The molecule has 0 saturated carbocycles. The summed E-state index contributed by atoms with van der Waals surface area (Å²) < 4.78 is 5.88. The predicted octanol–water partition coefficient (Wildman–Crippen LogP) is 12.8. The molecule has 1 amide bonds. The van der Waals surface area contributed by atoms with Crippen LogP contribution in [0.4, 0.5) is 0 Å². The molecule has 6 nitrogen and oxygen atoms in total. The zero-order chi connectivity index (χ0) is 37.5. The van der Waals surface area contributed by atoms with Crippen molar-refractivity contribution in [3.8, 4) is 0 Å². The van der Waals surface area contributed by atoms with E-state index in [1.54, 1.807) is 0 Å². The minimum atomic E-state index is -0.777. The van der Waals surface area contributed by atoms with E-state index in [4.69, 9.17) is 4.74 Å². The zero-order valence-corrected chi connectivity index (χ0v) is 34.5. The van der Waals surface area contributed by atoms with E-state index in [2.05, 4.69) is 26.1 Å². The highest BCUT2D eigenvalue weighted by molar-refractivity contribution is 5.77. The van der Waals surface area contributed by atoms with Gasteiger partial charge in [0.2, 0.25) is 5.91 Å². The van der Waals surface area contributed by atoms with E-state index in [1.165, 1.54) is 161 Å². The number of ether oxygens (including phenoxy) is 1. The lowest BCUT2D eigenvalue weighted by Crippen LogP contribution is -2.46. The number of hydrogen-bond donors (Lipinski definition) is 3. The third-order valence-corrected chi connectivity index (χ3v) is 10.7. The van der Waals surface area contributed by atoms with Gasteiger partial charge in [-0.2, -0.15) is 0 Å². The second kappa shape index (κ2) is 40.1. The van der Waals surface area contributed by atoms with Crippen molar-refractivity contribution in [3.63, 3.8) is 0 Å². The van der Waals surface area contributed by atoms with Gasteiger partial charge in [-0.15, -0.1) is 0 Å². The number of aliphatic hydroxyl groups is 2. The Kier molecular flexibility index (Phi) is 39.2. The second-order valence-corrected chi connectivity index (χ2v) is 15.8. The summed E-state index contributed by atoms with van der Waals surface area (Å²) in [7, 11) is 0. The summed E-state index contributed by atoms with van der Waals surface area (Å²) in [5, 5.41) is 23.6. The summed E-state index contributed by atoms with van der Waals surface area (Å²) >= 11 is 0. The molecule has 0 fully saturated rings. The predicted molar refractivity (Wildman–Crippen MR) is 218 cm³/mol. The molecule has 0 aliphatic rings. The maximum absolute atomic E-state index is 13.1. The molecule has 3 atom stereocenters. The van der Waals surface area contributed by atoms with Crippen LogP contribution in [0.25, 0.3) is 0 Å². The van der Waals surface area contributed by atoms with E-state index >= 15 is 0 Å². The first kappa shape index (κ1) is 49.9. The minimum absolute atomic E-state index is 0.0864. The summed E-state index contributed by atoms with van der Waals surface area (Å²) in [5.41, 5.74) is 0. The van der Waals surface area contributed by atoms with Gasteiger partial charge in [-0.05, 0) is 25.7 Å². The van der Waals surface area contributed by atoms with Gasteiger partial charge < -0.3 is 20.3 Å². The third kappa shape index (κ3) is 35.6. The maximum atomic E-state index is 13.1. The fourth-order valence-corrected chi connectivity index (χ4v) is 7.20. The van der Waals surface area contributed by atoms with Gasteiger partial charge in [0, 0.05) is 6.42 Å². The van der Waals surface area contributed by atoms with Gasteiger partial charge in [0.05, 0.1) is 25.2 Å². The molecule has 0 radical (unpaired) electrons. The van der Waals surface area contributed by atoms with Crippen LogP contribution in [0.1, 0.15) is 252 Å². The number of hydrogen-bond acceptors (Lipinski definition) is 5. The van der Waals surface area contributed by atoms with Crippen molar-refractivity contribution in [2.75, 3.05) is 6.61 Å². The number of nitrogens with one attached hydrogen (secondary N) is 1. The van der Waals surface area contributed by atoms with Crippen LogP contribution in [0.2, 0.25) is 0 Å². The van der Waals surface area contributed by atoms with Crippen LogP contribution < -0.4 is 5.32 Å². The van der Waals surface area contributed by atoms with Crippen LogP contribution in [-0.2, 0) is 14.3 Å². The van der Waals surface area contributed by atoms with E-state index < -0.39 is 18.2 Å². The second-order valence-electron chi connectivity index (χ2n) is 15.8. The molecule has 0 spiro atoms. The Morgan fingerprint density at radius 2 is 0.824 bits per heavy atom. The first-order chi connectivity index (χ1) is 25.0. The maximum Gasteiger partial charge on any atom is 0.306 e. The Morgan fingerprint density at radius 3 is 1.20 bits per heavy atom. The van der Waals surface area contributed by atoms with Gasteiger partial charge in [-0.3, -0.25) is 9.59 Å². The summed E-state index contributed by atoms with van der Waals surface area (Å²) in [6.45, 7) is 6.46. The van der Waals surface area contributed by atoms with Crippen LogP contribution in [-0.4, -0.2) is 46.9 Å². The lowest BCUT2D eigenvalue weighted by Gasteiger charge is -2.24. The number of esters is 1. The number of carbonyl (C=O) groups excluding carboxylic acids is 2. The number of unbranched alkanes of at least 4 members (excludes halogenated alkanes) is 29. The molecule has 3 unspecified atom stereocenters. The summed E-state index contributed by atoms with van der Waals surface area (Å²) in [6, 6.07) is -0.689. The van der Waals surface area contributed by atoms with E-state index in [0.29, 0.717) is 19.3 Å². The topological polar surface area (TPSA) is 95.9 Å². The number of amides is 1. The Balaban J connectivity index is 4.52. The number of rotatable bonds is 41. The van der Waals surface area contributed by atoms with Crippen molar-refractivity contribution < 1.29 is 24.5 Å². The molecule has 0 bridgehead atoms. The monoisotopic (exact) mass is 724 g/mol. The SMILES string of the molecule is CCCCCCCCCCCCCCC(O)C(CO)NC(=O)CC(CCCCCCCCCCCCC)OC(=O)CCCCCCCCCCC. The normalized spacial score (nSPS) is 13.3. The molecule has 3 N–H and O–H groups in total. The third-order valence-electron chi connectivity index (χ3n) is 10.7. The van der Waals surface area contributed by atoms with E-state index in [9.17, 15) is 19.8 Å². The highest BCUT2D eigenvalue weighted by Crippen LogP contribution is 2.18. The molecule has 0 saturated heterocycles. The first-order valence-corrected chi connectivity index (χ1v) is 22.8. The van der Waals surface area contributed by atoms with Gasteiger partial charge >= 0.3 is 5.97 Å². The molecule has 0 aromatic heterocycles. The lowest BCUT2D eigenvalue weighted by atomic mass is 10.0. The van der Waals surface area contributed by atoms with Crippen LogP contribution >= 0.6 is 0 Å². The zero-order valence-electron chi connectivity index (χ0n) is 34.5. The summed E-state index contributed by atoms with van der Waals surface area (Å²) in [6.07, 6.45) is 40.2. The first-order valence-electron chi connectivity index (χ1n) is 22.8. The molecular formula is C45H89NO5. The van der Waals surface area contributed by atoms with E-state index in [-0.39, 0.29) is 24.9 Å². The lowest BCUT2D eigenvalue weighted by molar-refractivity contribution is -0.151. The van der Waals surface area contributed by atoms with Gasteiger partial charge in [-0.25, -0.2) is 0 Å². The van der Waals surface area contributed by atoms with Crippen molar-refractivity contribution in [2.24, 2.45) is 0 Å². The molecule has 0 rings (SSSR count). The molecule has 0 heterocycles. The Hall–Kier alpha value is -1.14. The largest absolute Gasteiger partial charge is 0.462 e. The molecule has 0 aromatic rings.